The Hall–Kier alpha value is -1.63. The van der Waals surface area contributed by atoms with Crippen molar-refractivity contribution < 1.29 is 28.8 Å². The molecule has 0 radical (unpaired) electrons. The van der Waals surface area contributed by atoms with Crippen LogP contribution in [0.2, 0.25) is 0 Å². The maximum Gasteiger partial charge on any atom is 0.413 e. The third-order valence-corrected chi connectivity index (χ3v) is 3.66. The van der Waals surface area contributed by atoms with Crippen molar-refractivity contribution in [3.63, 3.8) is 0 Å². The lowest BCUT2D eigenvalue weighted by molar-refractivity contribution is -0.919. The van der Waals surface area contributed by atoms with Gasteiger partial charge in [-0.1, -0.05) is 0 Å². The van der Waals surface area contributed by atoms with Crippen molar-refractivity contribution in [3.05, 3.63) is 0 Å². The van der Waals surface area contributed by atoms with E-state index in [1.807, 2.05) is 0 Å². The largest absolute Gasteiger partial charge is 0.466 e. The number of alkyl carbamates (subject to hydrolysis) is 1. The van der Waals surface area contributed by atoms with Gasteiger partial charge in [-0.3, -0.25) is 14.9 Å². The highest BCUT2D eigenvalue weighted by Gasteiger charge is 2.33. The topological polar surface area (TPSA) is 86.1 Å². The molecule has 0 bridgehead atoms. The van der Waals surface area contributed by atoms with Gasteiger partial charge < -0.3 is 14.4 Å². The first-order chi connectivity index (χ1) is 9.49. The number of carbonyl (C=O) groups is 3. The summed E-state index contributed by atoms with van der Waals surface area (Å²) < 4.78 is 9.40. The number of carbonyl (C=O) groups excluding carboxylic acids is 3. The zero-order valence-corrected chi connectivity index (χ0v) is 12.2. The van der Waals surface area contributed by atoms with Crippen molar-refractivity contribution in [2.24, 2.45) is 5.92 Å². The Morgan fingerprint density at radius 1 is 1.30 bits per heavy atom. The second-order valence-electron chi connectivity index (χ2n) is 4.89. The predicted molar refractivity (Wildman–Crippen MR) is 70.1 cm³/mol. The molecule has 0 aromatic rings. The summed E-state index contributed by atoms with van der Waals surface area (Å²) in [6, 6.07) is -0.350. The molecule has 0 saturated carbocycles. The molecule has 2 N–H and O–H groups in total. The Balaban J connectivity index is 2.42. The molecule has 1 heterocycles. The van der Waals surface area contributed by atoms with Crippen molar-refractivity contribution in [1.29, 1.82) is 0 Å². The zero-order chi connectivity index (χ0) is 15.1. The fourth-order valence-electron chi connectivity index (χ4n) is 2.36. The first-order valence-corrected chi connectivity index (χ1v) is 6.89. The van der Waals surface area contributed by atoms with Crippen LogP contribution in [-0.2, 0) is 19.1 Å². The van der Waals surface area contributed by atoms with Crippen LogP contribution in [0.5, 0.6) is 0 Å². The summed E-state index contributed by atoms with van der Waals surface area (Å²) in [5.74, 6) is -0.589. The highest BCUT2D eigenvalue weighted by Crippen LogP contribution is 2.11. The molecule has 114 valence electrons. The van der Waals surface area contributed by atoms with Gasteiger partial charge in [-0.2, -0.15) is 0 Å². The quantitative estimate of drug-likeness (QED) is 0.656. The van der Waals surface area contributed by atoms with E-state index in [0.29, 0.717) is 32.5 Å². The molecule has 7 heteroatoms. The van der Waals surface area contributed by atoms with Crippen molar-refractivity contribution >= 4 is 18.0 Å². The second-order valence-corrected chi connectivity index (χ2v) is 4.89. The van der Waals surface area contributed by atoms with E-state index < -0.39 is 6.09 Å². The lowest BCUT2D eigenvalue weighted by atomic mass is 9.96. The number of likely N-dealkylation sites (tertiary alicyclic amines) is 1. The fraction of sp³-hybridized carbons (Fsp3) is 0.769. The van der Waals surface area contributed by atoms with Crippen molar-refractivity contribution in [1.82, 2.24) is 5.32 Å². The monoisotopic (exact) mass is 287 g/mol. The Morgan fingerprint density at radius 3 is 2.40 bits per heavy atom. The minimum Gasteiger partial charge on any atom is -0.466 e. The van der Waals surface area contributed by atoms with E-state index in [1.165, 1.54) is 7.11 Å². The average molecular weight is 287 g/mol. The smallest absolute Gasteiger partial charge is 0.413 e. The van der Waals surface area contributed by atoms with Gasteiger partial charge in [0, 0.05) is 12.8 Å². The molecule has 0 unspecified atom stereocenters. The number of imide groups is 1. The van der Waals surface area contributed by atoms with Crippen LogP contribution in [0.25, 0.3) is 0 Å². The molecule has 1 saturated heterocycles. The van der Waals surface area contributed by atoms with Crippen LogP contribution in [0.1, 0.15) is 26.7 Å². The number of methoxy groups -OCH3 is 1. The molecule has 0 aliphatic carbocycles. The summed E-state index contributed by atoms with van der Waals surface area (Å²) in [4.78, 5) is 35.5. The van der Waals surface area contributed by atoms with E-state index in [4.69, 9.17) is 4.74 Å². The summed E-state index contributed by atoms with van der Waals surface area (Å²) in [5.41, 5.74) is 0. The van der Waals surface area contributed by atoms with E-state index >= 15 is 0 Å². The first kappa shape index (κ1) is 16.4. The van der Waals surface area contributed by atoms with Gasteiger partial charge in [0.25, 0.3) is 5.91 Å². The summed E-state index contributed by atoms with van der Waals surface area (Å²) >= 11 is 0. The minimum absolute atomic E-state index is 0.0745. The van der Waals surface area contributed by atoms with Gasteiger partial charge in [0.05, 0.1) is 32.7 Å². The van der Waals surface area contributed by atoms with Gasteiger partial charge in [-0.15, -0.1) is 0 Å². The van der Waals surface area contributed by atoms with Crippen LogP contribution >= 0.6 is 0 Å². The number of hydrogen-bond donors (Lipinski definition) is 2. The summed E-state index contributed by atoms with van der Waals surface area (Å²) in [6.07, 6.45) is 0.649. The van der Waals surface area contributed by atoms with Crippen LogP contribution in [-0.4, -0.2) is 50.8 Å². The first-order valence-electron chi connectivity index (χ1n) is 6.89. The molecule has 2 amide bonds. The lowest BCUT2D eigenvalue weighted by Crippen LogP contribution is -3.17. The SMILES string of the molecule is CCOC(=O)C1CC[NH+]([C@H](C)C(=O)NC(=O)OC)CC1. The fourth-order valence-corrected chi connectivity index (χ4v) is 2.36. The van der Waals surface area contributed by atoms with Crippen molar-refractivity contribution in [3.8, 4) is 0 Å². The third kappa shape index (κ3) is 4.48. The van der Waals surface area contributed by atoms with E-state index in [2.05, 4.69) is 10.1 Å². The van der Waals surface area contributed by atoms with E-state index in [-0.39, 0.29) is 23.8 Å². The molecule has 1 atom stereocenters. The van der Waals surface area contributed by atoms with Gasteiger partial charge in [0.15, 0.2) is 6.04 Å². The van der Waals surface area contributed by atoms with Crippen LogP contribution < -0.4 is 10.2 Å². The molecular weight excluding hydrogens is 264 g/mol. The van der Waals surface area contributed by atoms with Gasteiger partial charge in [-0.25, -0.2) is 4.79 Å². The Morgan fingerprint density at radius 2 is 1.90 bits per heavy atom. The Labute approximate surface area is 118 Å². The predicted octanol–water partition coefficient (Wildman–Crippen LogP) is -0.884. The van der Waals surface area contributed by atoms with Gasteiger partial charge in [-0.05, 0) is 13.8 Å². The molecule has 1 aliphatic heterocycles. The molecule has 0 spiro atoms. The molecule has 1 rings (SSSR count). The summed E-state index contributed by atoms with van der Waals surface area (Å²) in [5, 5.41) is 2.17. The maximum absolute atomic E-state index is 11.8. The van der Waals surface area contributed by atoms with Crippen molar-refractivity contribution in [2.75, 3.05) is 26.8 Å². The van der Waals surface area contributed by atoms with E-state index in [9.17, 15) is 14.4 Å². The Kier molecular flexibility index (Phi) is 6.44. The highest BCUT2D eigenvalue weighted by molar-refractivity contribution is 5.93. The molecule has 7 nitrogen and oxygen atoms in total. The highest BCUT2D eigenvalue weighted by atomic mass is 16.5. The van der Waals surface area contributed by atoms with Crippen LogP contribution in [0.15, 0.2) is 0 Å². The van der Waals surface area contributed by atoms with E-state index in [0.717, 1.165) is 4.90 Å². The zero-order valence-electron chi connectivity index (χ0n) is 12.2. The number of hydrogen-bond acceptors (Lipinski definition) is 5. The van der Waals surface area contributed by atoms with Gasteiger partial charge >= 0.3 is 12.1 Å². The number of quaternary nitrogens is 1. The number of ether oxygens (including phenoxy) is 2. The number of rotatable bonds is 4. The molecule has 1 aliphatic rings. The van der Waals surface area contributed by atoms with Gasteiger partial charge in [0.1, 0.15) is 0 Å². The van der Waals surface area contributed by atoms with Crippen LogP contribution in [0.3, 0.4) is 0 Å². The lowest BCUT2D eigenvalue weighted by Gasteiger charge is -2.31. The standard InChI is InChI=1S/C13H22N2O5/c1-4-20-12(17)10-5-7-15(8-6-10)9(2)11(16)14-13(18)19-3/h9-10H,4-8H2,1-3H3,(H,14,16,18)/p+1/t9-/m1/s1. The van der Waals surface area contributed by atoms with E-state index in [1.54, 1.807) is 13.8 Å². The number of amides is 2. The maximum atomic E-state index is 11.8. The number of nitrogens with one attached hydrogen (secondary N) is 2. The molecule has 20 heavy (non-hydrogen) atoms. The molecule has 1 fully saturated rings. The molecular formula is C13H23N2O5+. The number of esters is 1. The van der Waals surface area contributed by atoms with Crippen LogP contribution in [0, 0.1) is 5.92 Å². The second kappa shape index (κ2) is 7.84. The van der Waals surface area contributed by atoms with Crippen molar-refractivity contribution in [2.45, 2.75) is 32.7 Å². The van der Waals surface area contributed by atoms with Crippen LogP contribution in [0.4, 0.5) is 4.79 Å². The summed E-state index contributed by atoms with van der Waals surface area (Å²) in [6.45, 7) is 5.36. The van der Waals surface area contributed by atoms with Gasteiger partial charge in [0.2, 0.25) is 0 Å². The summed E-state index contributed by atoms with van der Waals surface area (Å²) in [7, 11) is 1.21. The third-order valence-electron chi connectivity index (χ3n) is 3.66. The number of piperidine rings is 1. The molecule has 0 aromatic heterocycles. The average Bonchev–Trinajstić information content (AvgIpc) is 2.46. The Bertz CT molecular complexity index is 364. The normalized spacial score (nSPS) is 23.6. The molecule has 0 aromatic carbocycles. The minimum atomic E-state index is -0.748.